The SMILES string of the molecule is C=CCNC(=O)Cn1c(=O)[nH]c2ccccc21. The van der Waals surface area contributed by atoms with Crippen LogP contribution >= 0.6 is 0 Å². The fourth-order valence-electron chi connectivity index (χ4n) is 1.65. The molecule has 0 aliphatic heterocycles. The molecule has 0 aliphatic rings. The van der Waals surface area contributed by atoms with Crippen molar-refractivity contribution in [3.8, 4) is 0 Å². The van der Waals surface area contributed by atoms with Gasteiger partial charge in [-0.1, -0.05) is 18.2 Å². The summed E-state index contributed by atoms with van der Waals surface area (Å²) in [6, 6.07) is 7.26. The Bertz CT molecular complexity index is 609. The van der Waals surface area contributed by atoms with Gasteiger partial charge in [0.1, 0.15) is 6.54 Å². The van der Waals surface area contributed by atoms with Crippen LogP contribution in [0.3, 0.4) is 0 Å². The Hall–Kier alpha value is -2.30. The molecule has 5 nitrogen and oxygen atoms in total. The van der Waals surface area contributed by atoms with E-state index in [2.05, 4.69) is 16.9 Å². The largest absolute Gasteiger partial charge is 0.351 e. The molecule has 1 heterocycles. The van der Waals surface area contributed by atoms with Gasteiger partial charge in [-0.05, 0) is 12.1 Å². The van der Waals surface area contributed by atoms with Crippen molar-refractivity contribution in [2.45, 2.75) is 6.54 Å². The summed E-state index contributed by atoms with van der Waals surface area (Å²) >= 11 is 0. The van der Waals surface area contributed by atoms with Gasteiger partial charge in [-0.2, -0.15) is 0 Å². The van der Waals surface area contributed by atoms with E-state index < -0.39 is 0 Å². The van der Waals surface area contributed by atoms with Crippen LogP contribution in [0.25, 0.3) is 11.0 Å². The Balaban J connectivity index is 2.29. The van der Waals surface area contributed by atoms with Gasteiger partial charge >= 0.3 is 5.69 Å². The molecule has 5 heteroatoms. The number of hydrogen-bond acceptors (Lipinski definition) is 2. The van der Waals surface area contributed by atoms with Gasteiger partial charge in [0, 0.05) is 6.54 Å². The molecule has 17 heavy (non-hydrogen) atoms. The number of aromatic nitrogens is 2. The molecule has 2 N–H and O–H groups in total. The molecule has 0 bridgehead atoms. The molecular weight excluding hydrogens is 218 g/mol. The van der Waals surface area contributed by atoms with Crippen molar-refractivity contribution in [1.82, 2.24) is 14.9 Å². The molecule has 0 radical (unpaired) electrons. The van der Waals surface area contributed by atoms with Crippen molar-refractivity contribution in [1.29, 1.82) is 0 Å². The van der Waals surface area contributed by atoms with Gasteiger partial charge in [-0.25, -0.2) is 4.79 Å². The molecule has 0 saturated heterocycles. The molecule has 1 aromatic heterocycles. The number of rotatable bonds is 4. The Morgan fingerprint density at radius 1 is 1.47 bits per heavy atom. The Labute approximate surface area is 97.8 Å². The monoisotopic (exact) mass is 231 g/mol. The number of aromatic amines is 1. The fourth-order valence-corrected chi connectivity index (χ4v) is 1.65. The topological polar surface area (TPSA) is 66.9 Å². The highest BCUT2D eigenvalue weighted by atomic mass is 16.2. The lowest BCUT2D eigenvalue weighted by molar-refractivity contribution is -0.121. The maximum atomic E-state index is 11.7. The number of nitrogens with zero attached hydrogens (tertiary/aromatic N) is 1. The zero-order valence-electron chi connectivity index (χ0n) is 9.27. The molecule has 0 atom stereocenters. The highest BCUT2D eigenvalue weighted by Crippen LogP contribution is 2.08. The first kappa shape index (κ1) is 11.2. The van der Waals surface area contributed by atoms with E-state index in [1.807, 2.05) is 12.1 Å². The van der Waals surface area contributed by atoms with E-state index in [0.29, 0.717) is 6.54 Å². The van der Waals surface area contributed by atoms with Crippen molar-refractivity contribution in [2.24, 2.45) is 0 Å². The van der Waals surface area contributed by atoms with Crippen LogP contribution < -0.4 is 11.0 Å². The fraction of sp³-hybridized carbons (Fsp3) is 0.167. The first-order valence-corrected chi connectivity index (χ1v) is 5.27. The van der Waals surface area contributed by atoms with Crippen molar-refractivity contribution in [3.63, 3.8) is 0 Å². The van der Waals surface area contributed by atoms with E-state index in [-0.39, 0.29) is 18.1 Å². The van der Waals surface area contributed by atoms with Gasteiger partial charge in [0.25, 0.3) is 0 Å². The summed E-state index contributed by atoms with van der Waals surface area (Å²) in [5, 5.41) is 2.63. The van der Waals surface area contributed by atoms with E-state index in [1.54, 1.807) is 18.2 Å². The predicted molar refractivity (Wildman–Crippen MR) is 65.8 cm³/mol. The van der Waals surface area contributed by atoms with Gasteiger partial charge in [-0.15, -0.1) is 6.58 Å². The van der Waals surface area contributed by atoms with Crippen LogP contribution in [0, 0.1) is 0 Å². The van der Waals surface area contributed by atoms with Gasteiger partial charge in [-0.3, -0.25) is 9.36 Å². The molecule has 0 fully saturated rings. The van der Waals surface area contributed by atoms with Crippen LogP contribution in [-0.4, -0.2) is 22.0 Å². The number of amides is 1. The van der Waals surface area contributed by atoms with Crippen LogP contribution in [0.15, 0.2) is 41.7 Å². The zero-order chi connectivity index (χ0) is 12.3. The molecule has 2 rings (SSSR count). The normalized spacial score (nSPS) is 10.4. The van der Waals surface area contributed by atoms with Crippen LogP contribution in [0.2, 0.25) is 0 Å². The van der Waals surface area contributed by atoms with Crippen molar-refractivity contribution in [3.05, 3.63) is 47.4 Å². The number of hydrogen-bond donors (Lipinski definition) is 2. The smallest absolute Gasteiger partial charge is 0.326 e. The standard InChI is InChI=1S/C12H13N3O2/c1-2-7-13-11(16)8-15-10-6-4-3-5-9(10)14-12(15)17/h2-6H,1,7-8H2,(H,13,16)(H,14,17). The second kappa shape index (κ2) is 4.69. The molecule has 0 unspecified atom stereocenters. The molecule has 1 aromatic carbocycles. The summed E-state index contributed by atoms with van der Waals surface area (Å²) in [5.41, 5.74) is 1.18. The quantitative estimate of drug-likeness (QED) is 0.758. The third kappa shape index (κ3) is 2.28. The lowest BCUT2D eigenvalue weighted by atomic mass is 10.3. The van der Waals surface area contributed by atoms with Gasteiger partial charge in [0.15, 0.2) is 0 Å². The second-order valence-electron chi connectivity index (χ2n) is 3.63. The van der Waals surface area contributed by atoms with Gasteiger partial charge in [0.2, 0.25) is 5.91 Å². The second-order valence-corrected chi connectivity index (χ2v) is 3.63. The summed E-state index contributed by atoms with van der Waals surface area (Å²) in [5.74, 6) is -0.211. The summed E-state index contributed by atoms with van der Waals surface area (Å²) < 4.78 is 1.41. The molecule has 0 saturated carbocycles. The number of carbonyl (C=O) groups is 1. The van der Waals surface area contributed by atoms with E-state index in [4.69, 9.17) is 0 Å². The third-order valence-electron chi connectivity index (χ3n) is 2.43. The van der Waals surface area contributed by atoms with Gasteiger partial charge < -0.3 is 10.3 Å². The summed E-state index contributed by atoms with van der Waals surface area (Å²) in [7, 11) is 0. The zero-order valence-corrected chi connectivity index (χ0v) is 9.27. The Morgan fingerprint density at radius 2 is 2.24 bits per heavy atom. The lowest BCUT2D eigenvalue weighted by Crippen LogP contribution is -2.31. The van der Waals surface area contributed by atoms with Gasteiger partial charge in [0.05, 0.1) is 11.0 Å². The summed E-state index contributed by atoms with van der Waals surface area (Å²) in [6.45, 7) is 3.92. The average molecular weight is 231 g/mol. The van der Waals surface area contributed by atoms with E-state index >= 15 is 0 Å². The third-order valence-corrected chi connectivity index (χ3v) is 2.43. The summed E-state index contributed by atoms with van der Waals surface area (Å²) in [6.07, 6.45) is 1.59. The number of H-pyrrole nitrogens is 1. The van der Waals surface area contributed by atoms with Crippen LogP contribution in [-0.2, 0) is 11.3 Å². The maximum absolute atomic E-state index is 11.7. The first-order chi connectivity index (χ1) is 8.22. The molecule has 88 valence electrons. The van der Waals surface area contributed by atoms with E-state index in [1.165, 1.54) is 4.57 Å². The number of benzene rings is 1. The molecule has 0 spiro atoms. The summed E-state index contributed by atoms with van der Waals surface area (Å²) in [4.78, 5) is 25.9. The van der Waals surface area contributed by atoms with Crippen molar-refractivity contribution >= 4 is 16.9 Å². The number of fused-ring (bicyclic) bond motifs is 1. The maximum Gasteiger partial charge on any atom is 0.326 e. The first-order valence-electron chi connectivity index (χ1n) is 5.27. The number of imidazole rings is 1. The number of para-hydroxylation sites is 2. The van der Waals surface area contributed by atoms with Crippen molar-refractivity contribution < 1.29 is 4.79 Å². The van der Waals surface area contributed by atoms with Crippen molar-refractivity contribution in [2.75, 3.05) is 6.54 Å². The predicted octanol–water partition coefficient (Wildman–Crippen LogP) is 0.632. The minimum absolute atomic E-state index is 0.0106. The molecule has 1 amide bonds. The van der Waals surface area contributed by atoms with Crippen LogP contribution in [0.4, 0.5) is 0 Å². The minimum Gasteiger partial charge on any atom is -0.351 e. The van der Waals surface area contributed by atoms with Crippen LogP contribution in [0.5, 0.6) is 0 Å². The number of nitrogens with one attached hydrogen (secondary N) is 2. The molecule has 2 aromatic rings. The Morgan fingerprint density at radius 3 is 3.00 bits per heavy atom. The highest BCUT2D eigenvalue weighted by molar-refractivity contribution is 5.80. The Kier molecular flexibility index (Phi) is 3.09. The van der Waals surface area contributed by atoms with Crippen LogP contribution in [0.1, 0.15) is 0 Å². The molecule has 0 aliphatic carbocycles. The van der Waals surface area contributed by atoms with E-state index in [9.17, 15) is 9.59 Å². The lowest BCUT2D eigenvalue weighted by Gasteiger charge is -2.03. The molecular formula is C12H13N3O2. The minimum atomic E-state index is -0.278. The average Bonchev–Trinajstić information content (AvgIpc) is 2.64. The highest BCUT2D eigenvalue weighted by Gasteiger charge is 2.09. The van der Waals surface area contributed by atoms with E-state index in [0.717, 1.165) is 11.0 Å². The number of carbonyl (C=O) groups excluding carboxylic acids is 1.